The number of hydrogen-bond acceptors (Lipinski definition) is 10. The largest absolute Gasteiger partial charge is 0.449 e. The first-order chi connectivity index (χ1) is 22.2. The van der Waals surface area contributed by atoms with E-state index < -0.39 is 41.1 Å². The van der Waals surface area contributed by atoms with Gasteiger partial charge in [0, 0.05) is 82.2 Å². The van der Waals surface area contributed by atoms with Crippen LogP contribution >= 0.6 is 12.1 Å². The van der Waals surface area contributed by atoms with Crippen molar-refractivity contribution in [2.75, 3.05) is 59.2 Å². The van der Waals surface area contributed by atoms with Crippen LogP contribution in [0.15, 0.2) is 0 Å². The van der Waals surface area contributed by atoms with Crippen LogP contribution in [0.4, 0.5) is 50.1 Å². The van der Waals surface area contributed by atoms with Gasteiger partial charge in [-0.25, -0.2) is 9.59 Å². The Labute approximate surface area is 261 Å². The third-order valence-corrected chi connectivity index (χ3v) is 5.59. The Morgan fingerprint density at radius 3 is 1.65 bits per heavy atom. The van der Waals surface area contributed by atoms with E-state index >= 15 is 0 Å². The van der Waals surface area contributed by atoms with Crippen LogP contribution in [0.1, 0.15) is 33.1 Å². The lowest BCUT2D eigenvalue weighted by Crippen LogP contribution is -2.38. The minimum atomic E-state index is -1.04. The molecular formula is C22H36F9N5O9S. The molecule has 1 atom stereocenters. The van der Waals surface area contributed by atoms with E-state index in [4.69, 9.17) is 50.8 Å². The Hall–Kier alpha value is -3.70. The van der Waals surface area contributed by atoms with Crippen LogP contribution in [-0.4, -0.2) is 105 Å². The lowest BCUT2D eigenvalue weighted by molar-refractivity contribution is -0.138. The molecule has 1 unspecified atom stereocenters. The molecule has 0 spiro atoms. The molecule has 1 rings (SSSR count). The van der Waals surface area contributed by atoms with Gasteiger partial charge < -0.3 is 35.5 Å². The van der Waals surface area contributed by atoms with E-state index in [2.05, 4.69) is 21.3 Å². The lowest BCUT2D eigenvalue weighted by atomic mass is 10.2. The van der Waals surface area contributed by atoms with Gasteiger partial charge in [-0.3, -0.25) is 24.1 Å². The second-order valence-electron chi connectivity index (χ2n) is 8.06. The molecule has 0 saturated carbocycles. The van der Waals surface area contributed by atoms with Crippen molar-refractivity contribution in [1.29, 1.82) is 0 Å². The summed E-state index contributed by atoms with van der Waals surface area (Å²) in [5, 5.41) is 9.09. The molecule has 0 aromatic carbocycles. The number of nitrogens with zero attached hydrogens (tertiary/aromatic N) is 1. The maximum atomic E-state index is 12.6. The van der Waals surface area contributed by atoms with Crippen LogP contribution in [0.25, 0.3) is 0 Å². The van der Waals surface area contributed by atoms with Crippen molar-refractivity contribution in [2.45, 2.75) is 38.4 Å². The molecule has 14 nitrogen and oxygen atoms in total. The number of carbonyl (C=O) groups is 6. The van der Waals surface area contributed by atoms with Crippen LogP contribution in [0, 0.1) is 5.92 Å². The van der Waals surface area contributed by atoms with Gasteiger partial charge in [0.25, 0.3) is 0 Å². The molecule has 272 valence electrons. The van der Waals surface area contributed by atoms with Gasteiger partial charge in [0.05, 0.1) is 37.7 Å². The first kappa shape index (κ1) is 49.2. The Morgan fingerprint density at radius 1 is 0.783 bits per heavy atom. The summed E-state index contributed by atoms with van der Waals surface area (Å²) >= 11 is -0.183. The lowest BCUT2D eigenvalue weighted by Gasteiger charge is -2.17. The van der Waals surface area contributed by atoms with E-state index in [1.165, 1.54) is 0 Å². The standard InChI is InChI=1S/C22H36FN5O9S.4F2/c1-3-24-21(33)36-13-15(14-37-22(34)25-4-2)12-35-10-6-18(30)27-8-7-26-17(29)5-9-28-19(31)11-16(38-23)20(28)32;4*1-2/h15-16H,3-14H2,1-2H3,(H,24,33)(H,25,34)(H,26,29)(H,27,30);;;;. The number of likely N-dealkylation sites (tertiary alicyclic amines) is 1. The van der Waals surface area contributed by atoms with Gasteiger partial charge in [-0.1, -0.05) is 0 Å². The number of imide groups is 1. The zero-order chi connectivity index (χ0) is 36.3. The van der Waals surface area contributed by atoms with Crippen molar-refractivity contribution in [3.8, 4) is 0 Å². The molecule has 24 heteroatoms. The highest BCUT2D eigenvalue weighted by molar-refractivity contribution is 7.95. The van der Waals surface area contributed by atoms with Gasteiger partial charge in [-0.05, 0) is 13.8 Å². The van der Waals surface area contributed by atoms with Crippen molar-refractivity contribution in [2.24, 2.45) is 5.92 Å². The average molecular weight is 718 g/mol. The van der Waals surface area contributed by atoms with Crippen LogP contribution in [0.2, 0.25) is 0 Å². The van der Waals surface area contributed by atoms with Crippen molar-refractivity contribution in [3.63, 3.8) is 0 Å². The highest BCUT2D eigenvalue weighted by atomic mass is 32.2. The zero-order valence-electron chi connectivity index (χ0n) is 24.6. The van der Waals surface area contributed by atoms with Crippen LogP contribution in [-0.2, 0) is 33.4 Å². The summed E-state index contributed by atoms with van der Waals surface area (Å²) in [6.45, 7) is 4.47. The number of hydrogen-bond donors (Lipinski definition) is 4. The number of rotatable bonds is 18. The topological polar surface area (TPSA) is 181 Å². The van der Waals surface area contributed by atoms with Gasteiger partial charge in [0.2, 0.25) is 23.6 Å². The summed E-state index contributed by atoms with van der Waals surface area (Å²) < 4.78 is 92.2. The van der Waals surface area contributed by atoms with E-state index in [-0.39, 0.29) is 83.4 Å². The molecule has 4 N–H and O–H groups in total. The summed E-state index contributed by atoms with van der Waals surface area (Å²) in [6.07, 6.45) is -1.53. The summed E-state index contributed by atoms with van der Waals surface area (Å²) in [4.78, 5) is 71.3. The van der Waals surface area contributed by atoms with E-state index in [0.717, 1.165) is 4.90 Å². The van der Waals surface area contributed by atoms with Gasteiger partial charge in [-0.2, -0.15) is 3.89 Å². The SMILES string of the molecule is CCNC(=O)OCC(COCCC(=O)NCCNC(=O)CCN1C(=O)CC(SF)C1=O)COC(=O)NCC.FF.FF.FF.FF. The quantitative estimate of drug-likeness (QED) is 0.0934. The summed E-state index contributed by atoms with van der Waals surface area (Å²) in [7, 11) is 0. The van der Waals surface area contributed by atoms with E-state index in [0.29, 0.717) is 13.1 Å². The number of nitrogens with one attached hydrogen (secondary N) is 4. The third kappa shape index (κ3) is 25.6. The average Bonchev–Trinajstić information content (AvgIpc) is 3.36. The Morgan fingerprint density at radius 2 is 1.24 bits per heavy atom. The zero-order valence-corrected chi connectivity index (χ0v) is 25.4. The smallest absolute Gasteiger partial charge is 0.407 e. The highest BCUT2D eigenvalue weighted by Crippen LogP contribution is 2.25. The third-order valence-electron chi connectivity index (χ3n) is 5.01. The van der Waals surface area contributed by atoms with Gasteiger partial charge in [0.15, 0.2) is 0 Å². The van der Waals surface area contributed by atoms with Crippen molar-refractivity contribution >= 4 is 48.0 Å². The molecule has 1 aliphatic rings. The van der Waals surface area contributed by atoms with Crippen molar-refractivity contribution in [3.05, 3.63) is 0 Å². The number of ether oxygens (including phenoxy) is 3. The van der Waals surface area contributed by atoms with Crippen LogP contribution in [0.5, 0.6) is 0 Å². The van der Waals surface area contributed by atoms with Gasteiger partial charge in [-0.15, -0.1) is 0 Å². The Kier molecular flexibility index (Phi) is 38.3. The molecule has 1 aliphatic heterocycles. The molecule has 0 bridgehead atoms. The highest BCUT2D eigenvalue weighted by Gasteiger charge is 2.39. The molecule has 0 aliphatic carbocycles. The fourth-order valence-electron chi connectivity index (χ4n) is 3.09. The molecule has 1 heterocycles. The fraction of sp³-hybridized carbons (Fsp3) is 0.727. The van der Waals surface area contributed by atoms with Gasteiger partial charge >= 0.3 is 12.2 Å². The fourth-order valence-corrected chi connectivity index (χ4v) is 3.50. The maximum absolute atomic E-state index is 12.6. The van der Waals surface area contributed by atoms with Crippen LogP contribution in [0.3, 0.4) is 0 Å². The molecule has 1 fully saturated rings. The molecule has 6 amide bonds. The predicted molar refractivity (Wildman–Crippen MR) is 142 cm³/mol. The summed E-state index contributed by atoms with van der Waals surface area (Å²) in [6, 6.07) is 0. The minimum absolute atomic E-state index is 0.0297. The predicted octanol–water partition coefficient (Wildman–Crippen LogP) is 3.23. The normalized spacial score (nSPS) is 12.8. The second kappa shape index (κ2) is 35.8. The number of carbonyl (C=O) groups excluding carboxylic acids is 6. The Balaban J connectivity index is -0.00000102. The molecule has 1 saturated heterocycles. The summed E-state index contributed by atoms with van der Waals surface area (Å²) in [5.74, 6) is -2.33. The first-order valence-corrected chi connectivity index (χ1v) is 13.6. The monoisotopic (exact) mass is 717 g/mol. The number of amides is 6. The molecule has 0 aromatic rings. The molecule has 0 radical (unpaired) electrons. The van der Waals surface area contributed by atoms with E-state index in [1.54, 1.807) is 13.8 Å². The van der Waals surface area contributed by atoms with E-state index in [9.17, 15) is 32.7 Å². The maximum Gasteiger partial charge on any atom is 0.407 e. The molecular weight excluding hydrogens is 681 g/mol. The van der Waals surface area contributed by atoms with Crippen molar-refractivity contribution < 1.29 is 83.5 Å². The second-order valence-corrected chi connectivity index (χ2v) is 8.81. The number of alkyl carbamates (subject to hydrolysis) is 2. The van der Waals surface area contributed by atoms with Gasteiger partial charge in [0.1, 0.15) is 18.5 Å². The van der Waals surface area contributed by atoms with E-state index in [1.807, 2.05) is 0 Å². The Bertz CT molecular complexity index is 824. The van der Waals surface area contributed by atoms with Crippen LogP contribution < -0.4 is 21.3 Å². The minimum Gasteiger partial charge on any atom is -0.449 e. The van der Waals surface area contributed by atoms with Crippen molar-refractivity contribution in [1.82, 2.24) is 26.2 Å². The molecule has 0 aromatic heterocycles. The first-order valence-electron chi connectivity index (χ1n) is 12.8. The summed E-state index contributed by atoms with van der Waals surface area (Å²) in [5.41, 5.74) is 0. The number of halogens is 9. The molecule has 46 heavy (non-hydrogen) atoms.